The molecule has 1 aliphatic heterocycles. The van der Waals surface area contributed by atoms with Gasteiger partial charge in [0.25, 0.3) is 11.5 Å². The fourth-order valence-electron chi connectivity index (χ4n) is 4.36. The second-order valence-electron chi connectivity index (χ2n) is 9.03. The Bertz CT molecular complexity index is 1520. The Hall–Kier alpha value is -3.39. The van der Waals surface area contributed by atoms with Crippen LogP contribution in [0.5, 0.6) is 5.75 Å². The molecule has 3 aromatic rings. The van der Waals surface area contributed by atoms with Gasteiger partial charge in [-0.25, -0.2) is 8.42 Å². The highest BCUT2D eigenvalue weighted by molar-refractivity contribution is 7.90. The first-order chi connectivity index (χ1) is 17.7. The molecule has 4 rings (SSSR count). The minimum atomic E-state index is -3.48. The number of piperidine rings is 1. The number of carbonyl (C=O) groups excluding carboxylic acids is 1. The summed E-state index contributed by atoms with van der Waals surface area (Å²) in [4.78, 5) is 29.9. The molecule has 0 unspecified atom stereocenters. The van der Waals surface area contributed by atoms with Gasteiger partial charge in [0, 0.05) is 48.9 Å². The summed E-state index contributed by atoms with van der Waals surface area (Å²) in [5.74, 6) is 0.328. The number of nitriles is 1. The summed E-state index contributed by atoms with van der Waals surface area (Å²) in [7, 11) is -3.48. The number of likely N-dealkylation sites (tertiary alicyclic amines) is 1. The van der Waals surface area contributed by atoms with Gasteiger partial charge in [-0.1, -0.05) is 17.7 Å². The van der Waals surface area contributed by atoms with Crippen LogP contribution in [0.1, 0.15) is 35.2 Å². The highest BCUT2D eigenvalue weighted by Crippen LogP contribution is 2.25. The van der Waals surface area contributed by atoms with Gasteiger partial charge in [-0.05, 0) is 50.1 Å². The maximum atomic E-state index is 12.8. The molecule has 194 valence electrons. The molecular weight excluding hydrogens is 516 g/mol. The second-order valence-corrected chi connectivity index (χ2v) is 11.5. The average Bonchev–Trinajstić information content (AvgIpc) is 2.87. The van der Waals surface area contributed by atoms with Crippen LogP contribution in [0.3, 0.4) is 0 Å². The highest BCUT2D eigenvalue weighted by atomic mass is 35.5. The Morgan fingerprint density at radius 2 is 1.97 bits per heavy atom. The molecule has 0 spiro atoms. The van der Waals surface area contributed by atoms with Crippen LogP contribution in [0.2, 0.25) is 5.02 Å². The molecule has 1 aliphatic rings. The Kier molecular flexibility index (Phi) is 8.17. The molecular formula is C26H27ClN4O5S. The number of fused-ring (bicyclic) bond motifs is 1. The quantitative estimate of drug-likeness (QED) is 0.418. The SMILES string of the molecule is CS(=O)(=O)c1ccc2c(C(=O)NCCCN3CCC(Oc4ccc(C#N)c(Cl)c4)CC3)c[nH]c(=O)c2c1. The number of ether oxygens (including phenoxy) is 1. The smallest absolute Gasteiger partial charge is 0.255 e. The molecule has 0 bridgehead atoms. The maximum Gasteiger partial charge on any atom is 0.255 e. The minimum Gasteiger partial charge on any atom is -0.490 e. The van der Waals surface area contributed by atoms with Gasteiger partial charge in [0.15, 0.2) is 9.84 Å². The van der Waals surface area contributed by atoms with Crippen molar-refractivity contribution < 1.29 is 17.9 Å². The number of halogens is 1. The molecule has 2 aromatic carbocycles. The van der Waals surface area contributed by atoms with Gasteiger partial charge in [0.05, 0.1) is 21.0 Å². The standard InChI is InChI=1S/C26H27ClN4O5S/c1-37(34,35)20-5-6-21-22(14-20)25(32)30-16-23(21)26(33)29-9-2-10-31-11-7-18(8-12-31)36-19-4-3-17(15-28)24(27)13-19/h3-6,13-14,16,18H,2,7-12H2,1H3,(H,29,33)(H,30,32). The van der Waals surface area contributed by atoms with Crippen LogP contribution in [0, 0.1) is 11.3 Å². The van der Waals surface area contributed by atoms with Crippen LogP contribution < -0.4 is 15.6 Å². The maximum absolute atomic E-state index is 12.8. The van der Waals surface area contributed by atoms with Crippen molar-refractivity contribution in [3.63, 3.8) is 0 Å². The molecule has 0 aliphatic carbocycles. The molecule has 11 heteroatoms. The zero-order valence-corrected chi connectivity index (χ0v) is 21.9. The normalized spacial score (nSPS) is 14.8. The molecule has 0 saturated carbocycles. The first-order valence-electron chi connectivity index (χ1n) is 11.9. The van der Waals surface area contributed by atoms with Gasteiger partial charge in [0.2, 0.25) is 0 Å². The van der Waals surface area contributed by atoms with Crippen molar-refractivity contribution in [1.82, 2.24) is 15.2 Å². The van der Waals surface area contributed by atoms with Crippen molar-refractivity contribution in [3.05, 3.63) is 69.1 Å². The molecule has 9 nitrogen and oxygen atoms in total. The van der Waals surface area contributed by atoms with Crippen LogP contribution in [0.4, 0.5) is 0 Å². The van der Waals surface area contributed by atoms with E-state index in [-0.39, 0.29) is 27.9 Å². The number of sulfone groups is 1. The lowest BCUT2D eigenvalue weighted by Gasteiger charge is -2.32. The number of hydrogen-bond acceptors (Lipinski definition) is 7. The van der Waals surface area contributed by atoms with Gasteiger partial charge in [-0.2, -0.15) is 5.26 Å². The van der Waals surface area contributed by atoms with Crippen LogP contribution in [0.25, 0.3) is 10.8 Å². The molecule has 1 amide bonds. The van der Waals surface area contributed by atoms with E-state index in [9.17, 15) is 18.0 Å². The molecule has 2 N–H and O–H groups in total. The lowest BCUT2D eigenvalue weighted by molar-refractivity contribution is 0.0936. The summed E-state index contributed by atoms with van der Waals surface area (Å²) in [6.45, 7) is 3.02. The fraction of sp³-hybridized carbons (Fsp3) is 0.346. The third-order valence-corrected chi connectivity index (χ3v) is 7.80. The molecule has 1 saturated heterocycles. The number of aromatic nitrogens is 1. The first-order valence-corrected chi connectivity index (χ1v) is 14.1. The third-order valence-electron chi connectivity index (χ3n) is 6.38. The zero-order chi connectivity index (χ0) is 26.6. The van der Waals surface area contributed by atoms with Gasteiger partial charge < -0.3 is 19.9 Å². The van der Waals surface area contributed by atoms with E-state index in [1.807, 2.05) is 6.07 Å². The van der Waals surface area contributed by atoms with Gasteiger partial charge >= 0.3 is 0 Å². The van der Waals surface area contributed by atoms with Crippen molar-refractivity contribution >= 4 is 38.1 Å². The van der Waals surface area contributed by atoms with E-state index in [1.165, 1.54) is 24.4 Å². The summed E-state index contributed by atoms with van der Waals surface area (Å²) in [6, 6.07) is 11.3. The molecule has 1 aromatic heterocycles. The average molecular weight is 543 g/mol. The van der Waals surface area contributed by atoms with Crippen LogP contribution in [-0.2, 0) is 9.84 Å². The number of aromatic amines is 1. The van der Waals surface area contributed by atoms with Gasteiger partial charge in [-0.15, -0.1) is 0 Å². The summed E-state index contributed by atoms with van der Waals surface area (Å²) in [6.07, 6.45) is 4.98. The van der Waals surface area contributed by atoms with E-state index in [1.54, 1.807) is 18.2 Å². The minimum absolute atomic E-state index is 0.0259. The fourth-order valence-corrected chi connectivity index (χ4v) is 5.22. The van der Waals surface area contributed by atoms with Crippen LogP contribution in [-0.4, -0.2) is 62.7 Å². The Morgan fingerprint density at radius 1 is 1.22 bits per heavy atom. The van der Waals surface area contributed by atoms with E-state index >= 15 is 0 Å². The third kappa shape index (κ3) is 6.49. The Balaban J connectivity index is 1.25. The largest absolute Gasteiger partial charge is 0.490 e. The van der Waals surface area contributed by atoms with Crippen molar-refractivity contribution in [2.24, 2.45) is 0 Å². The Labute approximate surface area is 219 Å². The predicted octanol–water partition coefficient (Wildman–Crippen LogP) is 3.12. The first kappa shape index (κ1) is 26.7. The van der Waals surface area contributed by atoms with Crippen LogP contribution in [0.15, 0.2) is 52.3 Å². The lowest BCUT2D eigenvalue weighted by Crippen LogP contribution is -2.39. The van der Waals surface area contributed by atoms with Gasteiger partial charge in [-0.3, -0.25) is 9.59 Å². The summed E-state index contributed by atoms with van der Waals surface area (Å²) in [5, 5.41) is 12.8. The van der Waals surface area contributed by atoms with E-state index in [0.29, 0.717) is 28.3 Å². The number of H-pyrrole nitrogens is 1. The van der Waals surface area contributed by atoms with E-state index in [0.717, 1.165) is 45.2 Å². The number of pyridine rings is 1. The summed E-state index contributed by atoms with van der Waals surface area (Å²) < 4.78 is 29.7. The summed E-state index contributed by atoms with van der Waals surface area (Å²) >= 11 is 6.08. The number of benzene rings is 2. The Morgan fingerprint density at radius 3 is 2.65 bits per heavy atom. The van der Waals surface area contributed by atoms with Crippen molar-refractivity contribution in [2.45, 2.75) is 30.3 Å². The van der Waals surface area contributed by atoms with Crippen molar-refractivity contribution in [3.8, 4) is 11.8 Å². The number of rotatable bonds is 8. The molecule has 0 atom stereocenters. The van der Waals surface area contributed by atoms with Crippen molar-refractivity contribution in [2.75, 3.05) is 32.4 Å². The number of nitrogens with zero attached hydrogens (tertiary/aromatic N) is 2. The highest BCUT2D eigenvalue weighted by Gasteiger charge is 2.21. The van der Waals surface area contributed by atoms with E-state index < -0.39 is 15.4 Å². The monoisotopic (exact) mass is 542 g/mol. The van der Waals surface area contributed by atoms with Crippen LogP contribution >= 0.6 is 11.6 Å². The topological polar surface area (TPSA) is 132 Å². The molecule has 1 fully saturated rings. The number of hydrogen-bond donors (Lipinski definition) is 2. The number of amides is 1. The van der Waals surface area contributed by atoms with Gasteiger partial charge in [0.1, 0.15) is 17.9 Å². The predicted molar refractivity (Wildman–Crippen MR) is 141 cm³/mol. The van der Waals surface area contributed by atoms with E-state index in [2.05, 4.69) is 15.2 Å². The second kappa shape index (κ2) is 11.3. The summed E-state index contributed by atoms with van der Waals surface area (Å²) in [5.41, 5.74) is 0.257. The number of nitrogens with one attached hydrogen (secondary N) is 2. The zero-order valence-electron chi connectivity index (χ0n) is 20.3. The molecule has 37 heavy (non-hydrogen) atoms. The lowest BCUT2D eigenvalue weighted by atomic mass is 10.1. The number of carbonyl (C=O) groups is 1. The van der Waals surface area contributed by atoms with E-state index in [4.69, 9.17) is 21.6 Å². The van der Waals surface area contributed by atoms with Crippen molar-refractivity contribution in [1.29, 1.82) is 5.26 Å². The molecule has 0 radical (unpaired) electrons. The molecule has 2 heterocycles.